The van der Waals surface area contributed by atoms with Crippen LogP contribution in [0, 0.1) is 0 Å². The van der Waals surface area contributed by atoms with Crippen molar-refractivity contribution < 1.29 is 9.53 Å². The summed E-state index contributed by atoms with van der Waals surface area (Å²) in [6.07, 6.45) is 0. The lowest BCUT2D eigenvalue weighted by atomic mass is 9.98. The van der Waals surface area contributed by atoms with Crippen molar-refractivity contribution in [2.24, 2.45) is 0 Å². The molecule has 3 aromatic rings. The number of carbonyl (C=O) groups excluding carboxylic acids is 1. The number of rotatable bonds is 6. The van der Waals surface area contributed by atoms with Gasteiger partial charge in [-0.05, 0) is 23.1 Å². The number of nitrogens with zero attached hydrogens (tertiary/aromatic N) is 1. The highest BCUT2D eigenvalue weighted by Gasteiger charge is 2.25. The summed E-state index contributed by atoms with van der Waals surface area (Å²) in [7, 11) is 0. The summed E-state index contributed by atoms with van der Waals surface area (Å²) in [5.74, 6) is 0.383. The lowest BCUT2D eigenvalue weighted by Gasteiger charge is -2.35. The fourth-order valence-corrected chi connectivity index (χ4v) is 5.31. The molecule has 30 heavy (non-hydrogen) atoms. The van der Waals surface area contributed by atoms with Gasteiger partial charge >= 0.3 is 0 Å². The average Bonchev–Trinajstić information content (AvgIpc) is 3.12. The van der Waals surface area contributed by atoms with Crippen molar-refractivity contribution in [3.63, 3.8) is 0 Å². The molecule has 1 aliphatic heterocycles. The predicted octanol–water partition coefficient (Wildman–Crippen LogP) is 5.48. The normalized spacial score (nSPS) is 16.1. The first kappa shape index (κ1) is 21.3. The van der Waals surface area contributed by atoms with Crippen molar-refractivity contribution in [2.75, 3.05) is 32.8 Å². The SMILES string of the molecule is CC(C)c1ccc([C@@H](CNC(=O)c2sc3ccccc3c2Cl)N2CCOCC2)cc1. The number of thiophene rings is 1. The largest absolute Gasteiger partial charge is 0.379 e. The Morgan fingerprint density at radius 1 is 1.10 bits per heavy atom. The topological polar surface area (TPSA) is 41.6 Å². The molecular formula is C24H27ClN2O2S. The molecule has 0 spiro atoms. The standard InChI is InChI=1S/C24H27ClN2O2S/c1-16(2)17-7-9-18(10-8-17)20(27-11-13-29-14-12-27)15-26-24(28)23-22(25)19-5-3-4-6-21(19)30-23/h3-10,16,20H,11-15H2,1-2H3,(H,26,28)/t20-/m1/s1. The van der Waals surface area contributed by atoms with E-state index in [9.17, 15) is 4.79 Å². The third kappa shape index (κ3) is 4.54. The number of morpholine rings is 1. The Balaban J connectivity index is 1.53. The molecule has 1 amide bonds. The fourth-order valence-electron chi connectivity index (χ4n) is 3.88. The molecule has 1 aliphatic rings. The van der Waals surface area contributed by atoms with Crippen LogP contribution in [0.4, 0.5) is 0 Å². The molecule has 4 nitrogen and oxygen atoms in total. The van der Waals surface area contributed by atoms with Crippen molar-refractivity contribution in [2.45, 2.75) is 25.8 Å². The van der Waals surface area contributed by atoms with Crippen LogP contribution in [0.15, 0.2) is 48.5 Å². The number of halogens is 1. The van der Waals surface area contributed by atoms with Gasteiger partial charge in [0, 0.05) is 29.7 Å². The molecule has 6 heteroatoms. The summed E-state index contributed by atoms with van der Waals surface area (Å²) in [4.78, 5) is 15.9. The van der Waals surface area contributed by atoms with Crippen LogP contribution in [0.2, 0.25) is 5.02 Å². The van der Waals surface area contributed by atoms with Crippen LogP contribution in [0.25, 0.3) is 10.1 Å². The number of fused-ring (bicyclic) bond motifs is 1. The van der Waals surface area contributed by atoms with E-state index in [-0.39, 0.29) is 11.9 Å². The molecule has 1 aromatic heterocycles. The number of amides is 1. The average molecular weight is 443 g/mol. The van der Waals surface area contributed by atoms with E-state index < -0.39 is 0 Å². The van der Waals surface area contributed by atoms with Crippen molar-refractivity contribution in [1.29, 1.82) is 0 Å². The zero-order chi connectivity index (χ0) is 21.1. The number of benzene rings is 2. The number of hydrogen-bond donors (Lipinski definition) is 1. The Hall–Kier alpha value is -1.92. The smallest absolute Gasteiger partial charge is 0.262 e. The minimum atomic E-state index is -0.113. The first-order chi connectivity index (χ1) is 14.5. The van der Waals surface area contributed by atoms with Gasteiger partial charge in [-0.2, -0.15) is 0 Å². The number of ether oxygens (including phenoxy) is 1. The first-order valence-corrected chi connectivity index (χ1v) is 11.6. The van der Waals surface area contributed by atoms with Gasteiger partial charge in [0.2, 0.25) is 0 Å². The van der Waals surface area contributed by atoms with Crippen LogP contribution in [-0.2, 0) is 4.74 Å². The molecule has 2 aromatic carbocycles. The van der Waals surface area contributed by atoms with Crippen LogP contribution in [-0.4, -0.2) is 43.7 Å². The summed E-state index contributed by atoms with van der Waals surface area (Å²) < 4.78 is 6.57. The van der Waals surface area contributed by atoms with Crippen molar-refractivity contribution >= 4 is 38.9 Å². The second-order valence-corrected chi connectivity index (χ2v) is 9.37. The summed E-state index contributed by atoms with van der Waals surface area (Å²) in [5.41, 5.74) is 2.53. The Bertz CT molecular complexity index is 1010. The minimum Gasteiger partial charge on any atom is -0.379 e. The van der Waals surface area contributed by atoms with Crippen LogP contribution >= 0.6 is 22.9 Å². The van der Waals surface area contributed by atoms with Gasteiger partial charge in [-0.1, -0.05) is 67.9 Å². The van der Waals surface area contributed by atoms with Crippen LogP contribution < -0.4 is 5.32 Å². The Kier molecular flexibility index (Phi) is 6.74. The van der Waals surface area contributed by atoms with E-state index >= 15 is 0 Å². The summed E-state index contributed by atoms with van der Waals surface area (Å²) >= 11 is 7.95. The predicted molar refractivity (Wildman–Crippen MR) is 125 cm³/mol. The van der Waals surface area contributed by atoms with Crippen molar-refractivity contribution in [1.82, 2.24) is 10.2 Å². The van der Waals surface area contributed by atoms with Crippen LogP contribution in [0.3, 0.4) is 0 Å². The van der Waals surface area contributed by atoms with Crippen molar-refractivity contribution in [3.05, 3.63) is 69.6 Å². The second kappa shape index (κ2) is 9.48. The molecule has 0 bridgehead atoms. The van der Waals surface area contributed by atoms with Gasteiger partial charge < -0.3 is 10.1 Å². The molecule has 0 aliphatic carbocycles. The maximum atomic E-state index is 13.0. The molecule has 4 rings (SSSR count). The van der Waals surface area contributed by atoms with E-state index in [0.29, 0.717) is 22.4 Å². The number of carbonyl (C=O) groups is 1. The van der Waals surface area contributed by atoms with E-state index in [1.165, 1.54) is 22.5 Å². The summed E-state index contributed by atoms with van der Waals surface area (Å²) in [5, 5.41) is 4.61. The lowest BCUT2D eigenvalue weighted by molar-refractivity contribution is 0.0162. The molecule has 158 valence electrons. The third-order valence-corrected chi connectivity index (χ3v) is 7.35. The minimum absolute atomic E-state index is 0.104. The zero-order valence-corrected chi connectivity index (χ0v) is 18.9. The van der Waals surface area contributed by atoms with Crippen LogP contribution in [0.5, 0.6) is 0 Å². The first-order valence-electron chi connectivity index (χ1n) is 10.4. The Morgan fingerprint density at radius 2 is 1.77 bits per heavy atom. The molecule has 0 radical (unpaired) electrons. The number of hydrogen-bond acceptors (Lipinski definition) is 4. The zero-order valence-electron chi connectivity index (χ0n) is 17.4. The van der Waals surface area contributed by atoms with Gasteiger partial charge in [-0.15, -0.1) is 11.3 Å². The van der Waals surface area contributed by atoms with Crippen LogP contribution in [0.1, 0.15) is 46.6 Å². The molecule has 0 saturated carbocycles. The molecule has 1 atom stereocenters. The summed E-state index contributed by atoms with van der Waals surface area (Å²) in [6, 6.07) is 16.7. The fraction of sp³-hybridized carbons (Fsp3) is 0.375. The molecule has 0 unspecified atom stereocenters. The van der Waals surface area contributed by atoms with Crippen molar-refractivity contribution in [3.8, 4) is 0 Å². The third-order valence-electron chi connectivity index (χ3n) is 5.67. The lowest BCUT2D eigenvalue weighted by Crippen LogP contribution is -2.43. The Labute approximate surface area is 186 Å². The highest BCUT2D eigenvalue weighted by Crippen LogP contribution is 2.35. The van der Waals surface area contributed by atoms with E-state index in [2.05, 4.69) is 48.3 Å². The number of nitrogens with one attached hydrogen (secondary N) is 1. The molecule has 1 N–H and O–H groups in total. The highest BCUT2D eigenvalue weighted by molar-refractivity contribution is 7.21. The quantitative estimate of drug-likeness (QED) is 0.549. The van der Waals surface area contributed by atoms with Gasteiger partial charge in [-0.3, -0.25) is 9.69 Å². The van der Waals surface area contributed by atoms with E-state index in [1.807, 2.05) is 24.3 Å². The monoisotopic (exact) mass is 442 g/mol. The van der Waals surface area contributed by atoms with E-state index in [0.717, 1.165) is 36.4 Å². The Morgan fingerprint density at radius 3 is 2.43 bits per heavy atom. The van der Waals surface area contributed by atoms with Gasteiger partial charge in [0.25, 0.3) is 5.91 Å². The van der Waals surface area contributed by atoms with E-state index in [4.69, 9.17) is 16.3 Å². The van der Waals surface area contributed by atoms with E-state index in [1.54, 1.807) is 0 Å². The molecule has 2 heterocycles. The van der Waals surface area contributed by atoms with Gasteiger partial charge in [0.1, 0.15) is 4.88 Å². The van der Waals surface area contributed by atoms with Gasteiger partial charge in [0.15, 0.2) is 0 Å². The maximum Gasteiger partial charge on any atom is 0.262 e. The highest BCUT2D eigenvalue weighted by atomic mass is 35.5. The summed E-state index contributed by atoms with van der Waals surface area (Å²) in [6.45, 7) is 8.08. The van der Waals surface area contributed by atoms with Gasteiger partial charge in [0.05, 0.1) is 24.3 Å². The molecule has 1 saturated heterocycles. The maximum absolute atomic E-state index is 13.0. The van der Waals surface area contributed by atoms with Gasteiger partial charge in [-0.25, -0.2) is 0 Å². The molecular weight excluding hydrogens is 416 g/mol. The molecule has 1 fully saturated rings. The second-order valence-electron chi connectivity index (χ2n) is 7.94.